The zero-order valence-electron chi connectivity index (χ0n) is 27.8. The van der Waals surface area contributed by atoms with Crippen LogP contribution in [0, 0.1) is 0 Å². The Morgan fingerprint density at radius 2 is 0.750 bits per heavy atom. The molecular formula is C38H50N6O4. The molecule has 10 heteroatoms. The molecule has 0 saturated heterocycles. The molecule has 0 aliphatic heterocycles. The predicted octanol–water partition coefficient (Wildman–Crippen LogP) is 5.00. The van der Waals surface area contributed by atoms with E-state index >= 15 is 0 Å². The zero-order valence-corrected chi connectivity index (χ0v) is 27.8. The van der Waals surface area contributed by atoms with Crippen molar-refractivity contribution in [3.8, 4) is 45.3 Å². The lowest BCUT2D eigenvalue weighted by atomic mass is 9.99. The molecule has 0 fully saturated rings. The van der Waals surface area contributed by atoms with E-state index in [4.69, 9.17) is 47.6 Å². The van der Waals surface area contributed by atoms with E-state index in [2.05, 4.69) is 65.2 Å². The van der Waals surface area contributed by atoms with Crippen molar-refractivity contribution in [2.75, 3.05) is 59.2 Å². The lowest BCUT2D eigenvalue weighted by Crippen LogP contribution is -2.09. The molecular weight excluding hydrogens is 604 g/mol. The number of benzene rings is 4. The number of hydrogen-bond acceptors (Lipinski definition) is 9. The fourth-order valence-corrected chi connectivity index (χ4v) is 5.74. The fraction of sp³-hybridized carbons (Fsp3) is 0.368. The second-order valence-corrected chi connectivity index (χ2v) is 11.8. The van der Waals surface area contributed by atoms with Crippen LogP contribution in [0.4, 0.5) is 0 Å². The Morgan fingerprint density at radius 3 is 1.06 bits per heavy atom. The van der Waals surface area contributed by atoms with E-state index in [9.17, 15) is 0 Å². The topological polar surface area (TPSA) is 172 Å². The Bertz CT molecular complexity index is 1590. The third kappa shape index (κ3) is 8.77. The van der Waals surface area contributed by atoms with Crippen LogP contribution in [0.1, 0.15) is 25.7 Å². The number of aromatic nitrogens is 1. The van der Waals surface area contributed by atoms with Crippen LogP contribution in [0.25, 0.3) is 44.1 Å². The van der Waals surface area contributed by atoms with Crippen molar-refractivity contribution in [2.45, 2.75) is 32.2 Å². The molecule has 0 radical (unpaired) electrons. The quantitative estimate of drug-likeness (QED) is 0.0725. The van der Waals surface area contributed by atoms with Crippen LogP contribution < -0.4 is 47.6 Å². The van der Waals surface area contributed by atoms with E-state index in [1.165, 1.54) is 0 Å². The molecule has 10 N–H and O–H groups in total. The maximum atomic E-state index is 6.10. The maximum Gasteiger partial charge on any atom is 0.123 e. The van der Waals surface area contributed by atoms with Gasteiger partial charge in [0.05, 0.1) is 26.4 Å². The standard InChI is InChI=1S/C38H50N6O4/c39-9-1-15-45-31-19-29(20-32(25-31)46-16-2-10-40)27-5-7-37-35(23-27)36-24-28(6-8-38(36)44(37)14-13-43)30-21-33(47-17-3-11-41)26-34(22-30)48-18-4-12-42/h5-8,19-26H,1-4,9-18,39-43H2. The van der Waals surface area contributed by atoms with E-state index in [1.807, 2.05) is 12.1 Å². The third-order valence-electron chi connectivity index (χ3n) is 8.11. The molecule has 5 aromatic rings. The molecule has 0 spiro atoms. The summed E-state index contributed by atoms with van der Waals surface area (Å²) in [5, 5.41) is 2.26. The van der Waals surface area contributed by atoms with Crippen LogP contribution in [-0.4, -0.2) is 63.7 Å². The SMILES string of the molecule is NCCCOc1cc(OCCCN)cc(-c2ccc3c(c2)c2cc(-c4cc(OCCCN)cc(OCCCN)c4)ccc2n3CCN)c1. The fourth-order valence-electron chi connectivity index (χ4n) is 5.74. The number of ether oxygens (including phenoxy) is 4. The number of nitrogens with two attached hydrogens (primary N) is 5. The second-order valence-electron chi connectivity index (χ2n) is 11.8. The van der Waals surface area contributed by atoms with Gasteiger partial charge in [0, 0.05) is 47.0 Å². The highest BCUT2D eigenvalue weighted by Crippen LogP contribution is 2.38. The van der Waals surface area contributed by atoms with Crippen LogP contribution in [0.3, 0.4) is 0 Å². The highest BCUT2D eigenvalue weighted by atomic mass is 16.5. The number of hydrogen-bond donors (Lipinski definition) is 5. The van der Waals surface area contributed by atoms with Gasteiger partial charge in [0.1, 0.15) is 23.0 Å². The van der Waals surface area contributed by atoms with Crippen molar-refractivity contribution >= 4 is 21.8 Å². The average molecular weight is 655 g/mol. The second kappa shape index (κ2) is 17.7. The molecule has 5 rings (SSSR count). The molecule has 0 bridgehead atoms. The summed E-state index contributed by atoms with van der Waals surface area (Å²) in [6, 6.07) is 25.2. The van der Waals surface area contributed by atoms with Gasteiger partial charge in [-0.3, -0.25) is 0 Å². The summed E-state index contributed by atoms with van der Waals surface area (Å²) in [7, 11) is 0. The Balaban J connectivity index is 1.59. The molecule has 0 amide bonds. The number of rotatable bonds is 20. The third-order valence-corrected chi connectivity index (χ3v) is 8.11. The summed E-state index contributed by atoms with van der Waals surface area (Å²) >= 11 is 0. The first-order valence-corrected chi connectivity index (χ1v) is 17.0. The van der Waals surface area contributed by atoms with Crippen LogP contribution in [-0.2, 0) is 6.54 Å². The Kier molecular flexibility index (Phi) is 12.9. The Morgan fingerprint density at radius 1 is 0.396 bits per heavy atom. The average Bonchev–Trinajstić information content (AvgIpc) is 3.41. The molecule has 0 unspecified atom stereocenters. The van der Waals surface area contributed by atoms with E-state index in [0.717, 1.165) is 92.7 Å². The van der Waals surface area contributed by atoms with Gasteiger partial charge in [-0.15, -0.1) is 0 Å². The van der Waals surface area contributed by atoms with Gasteiger partial charge < -0.3 is 52.2 Å². The van der Waals surface area contributed by atoms with Crippen LogP contribution in [0.2, 0.25) is 0 Å². The molecule has 256 valence electrons. The van der Waals surface area contributed by atoms with Crippen LogP contribution in [0.5, 0.6) is 23.0 Å². The molecule has 48 heavy (non-hydrogen) atoms. The van der Waals surface area contributed by atoms with Crippen molar-refractivity contribution < 1.29 is 18.9 Å². The lowest BCUT2D eigenvalue weighted by Gasteiger charge is -2.13. The van der Waals surface area contributed by atoms with E-state index in [1.54, 1.807) is 0 Å². The molecule has 0 aliphatic rings. The molecule has 1 aromatic heterocycles. The van der Waals surface area contributed by atoms with Gasteiger partial charge in [-0.2, -0.15) is 0 Å². The van der Waals surface area contributed by atoms with Gasteiger partial charge in [-0.05, 0) is 123 Å². The molecule has 4 aromatic carbocycles. The summed E-state index contributed by atoms with van der Waals surface area (Å²) in [6.07, 6.45) is 3.08. The lowest BCUT2D eigenvalue weighted by molar-refractivity contribution is 0.298. The minimum absolute atomic E-state index is 0.528. The highest BCUT2D eigenvalue weighted by Gasteiger charge is 2.15. The first-order valence-electron chi connectivity index (χ1n) is 17.0. The normalized spacial score (nSPS) is 11.4. The summed E-state index contributed by atoms with van der Waals surface area (Å²) in [4.78, 5) is 0. The molecule has 10 nitrogen and oxygen atoms in total. The Hall–Kier alpha value is -4.32. The van der Waals surface area contributed by atoms with E-state index in [-0.39, 0.29) is 0 Å². The van der Waals surface area contributed by atoms with Crippen molar-refractivity contribution in [1.29, 1.82) is 0 Å². The minimum atomic E-state index is 0.528. The van der Waals surface area contributed by atoms with Crippen molar-refractivity contribution in [2.24, 2.45) is 28.7 Å². The van der Waals surface area contributed by atoms with Crippen LogP contribution in [0.15, 0.2) is 72.8 Å². The zero-order chi connectivity index (χ0) is 33.7. The molecule has 0 saturated carbocycles. The van der Waals surface area contributed by atoms with E-state index in [0.29, 0.717) is 65.7 Å². The summed E-state index contributed by atoms with van der Waals surface area (Å²) < 4.78 is 26.5. The van der Waals surface area contributed by atoms with Gasteiger partial charge in [-0.1, -0.05) is 12.1 Å². The molecule has 0 aliphatic carbocycles. The van der Waals surface area contributed by atoms with Crippen molar-refractivity contribution in [3.05, 3.63) is 72.8 Å². The van der Waals surface area contributed by atoms with Gasteiger partial charge in [0.15, 0.2) is 0 Å². The smallest absolute Gasteiger partial charge is 0.123 e. The number of nitrogens with zero attached hydrogens (tertiary/aromatic N) is 1. The van der Waals surface area contributed by atoms with Crippen molar-refractivity contribution in [1.82, 2.24) is 4.57 Å². The molecule has 0 atom stereocenters. The molecule has 1 heterocycles. The first kappa shape index (κ1) is 35.0. The maximum absolute atomic E-state index is 6.10. The highest BCUT2D eigenvalue weighted by molar-refractivity contribution is 6.10. The monoisotopic (exact) mass is 654 g/mol. The summed E-state index contributed by atoms with van der Waals surface area (Å²) in [5.41, 5.74) is 35.3. The van der Waals surface area contributed by atoms with Gasteiger partial charge in [0.25, 0.3) is 0 Å². The number of fused-ring (bicyclic) bond motifs is 3. The van der Waals surface area contributed by atoms with Crippen molar-refractivity contribution in [3.63, 3.8) is 0 Å². The summed E-state index contributed by atoms with van der Waals surface area (Å²) in [6.45, 7) is 5.65. The summed E-state index contributed by atoms with van der Waals surface area (Å²) in [5.74, 6) is 2.98. The van der Waals surface area contributed by atoms with Gasteiger partial charge >= 0.3 is 0 Å². The van der Waals surface area contributed by atoms with Crippen LogP contribution >= 0.6 is 0 Å². The Labute approximate surface area is 283 Å². The largest absolute Gasteiger partial charge is 0.493 e. The predicted molar refractivity (Wildman–Crippen MR) is 196 cm³/mol. The minimum Gasteiger partial charge on any atom is -0.493 e. The van der Waals surface area contributed by atoms with Gasteiger partial charge in [0.2, 0.25) is 0 Å². The first-order chi connectivity index (χ1) is 23.6. The van der Waals surface area contributed by atoms with E-state index < -0.39 is 0 Å². The van der Waals surface area contributed by atoms with Gasteiger partial charge in [-0.25, -0.2) is 0 Å².